The zero-order chi connectivity index (χ0) is 16.9. The largest absolute Gasteiger partial charge is 0.491 e. The molecule has 23 heavy (non-hydrogen) atoms. The Labute approximate surface area is 139 Å². The summed E-state index contributed by atoms with van der Waals surface area (Å²) in [5, 5.41) is 6.40. The van der Waals surface area contributed by atoms with Crippen LogP contribution in [0.4, 0.5) is 0 Å². The second kappa shape index (κ2) is 11.5. The molecule has 0 spiro atoms. The Balaban J connectivity index is 2.74. The van der Waals surface area contributed by atoms with Gasteiger partial charge in [-0.15, -0.1) is 6.58 Å². The molecule has 0 aliphatic rings. The van der Waals surface area contributed by atoms with Crippen molar-refractivity contribution in [2.45, 2.75) is 27.3 Å². The van der Waals surface area contributed by atoms with Gasteiger partial charge in [-0.05, 0) is 32.4 Å². The lowest BCUT2D eigenvalue weighted by Crippen LogP contribution is -2.37. The number of hydrogen-bond donors (Lipinski definition) is 2. The number of nitrogens with one attached hydrogen (secondary N) is 2. The van der Waals surface area contributed by atoms with Gasteiger partial charge in [-0.2, -0.15) is 0 Å². The highest BCUT2D eigenvalue weighted by molar-refractivity contribution is 5.79. The van der Waals surface area contributed by atoms with Crippen LogP contribution in [0.1, 0.15) is 25.0 Å². The maximum Gasteiger partial charge on any atom is 0.191 e. The van der Waals surface area contributed by atoms with Gasteiger partial charge in [0, 0.05) is 25.3 Å². The molecule has 0 bridgehead atoms. The first kappa shape index (κ1) is 19.0. The fourth-order valence-corrected chi connectivity index (χ4v) is 1.96. The predicted molar refractivity (Wildman–Crippen MR) is 96.2 cm³/mol. The lowest BCUT2D eigenvalue weighted by molar-refractivity contribution is 0.110. The lowest BCUT2D eigenvalue weighted by Gasteiger charge is -2.13. The van der Waals surface area contributed by atoms with Gasteiger partial charge in [-0.1, -0.05) is 18.2 Å². The van der Waals surface area contributed by atoms with Gasteiger partial charge in [-0.3, -0.25) is 0 Å². The SMILES string of the molecule is C=CCNC(=NCc1ccc(C)cc1OCCOCC)NCC. The van der Waals surface area contributed by atoms with Gasteiger partial charge in [0.15, 0.2) is 5.96 Å². The molecule has 1 rings (SSSR count). The summed E-state index contributed by atoms with van der Waals surface area (Å²) in [5.41, 5.74) is 2.23. The van der Waals surface area contributed by atoms with Crippen LogP contribution in [0.2, 0.25) is 0 Å². The minimum atomic E-state index is 0.544. The summed E-state index contributed by atoms with van der Waals surface area (Å²) in [7, 11) is 0. The molecule has 5 heteroatoms. The molecule has 0 fully saturated rings. The van der Waals surface area contributed by atoms with Crippen molar-refractivity contribution in [3.8, 4) is 5.75 Å². The van der Waals surface area contributed by atoms with Crippen molar-refractivity contribution in [3.63, 3.8) is 0 Å². The average Bonchev–Trinajstić information content (AvgIpc) is 2.55. The molecule has 0 saturated heterocycles. The molecule has 0 saturated carbocycles. The Morgan fingerprint density at radius 2 is 2.09 bits per heavy atom. The van der Waals surface area contributed by atoms with Crippen LogP contribution in [0, 0.1) is 6.92 Å². The van der Waals surface area contributed by atoms with Crippen molar-refractivity contribution in [2.24, 2.45) is 4.99 Å². The summed E-state index contributed by atoms with van der Waals surface area (Å²) in [6.07, 6.45) is 1.81. The lowest BCUT2D eigenvalue weighted by atomic mass is 10.1. The first-order valence-corrected chi connectivity index (χ1v) is 8.14. The van der Waals surface area contributed by atoms with E-state index in [1.807, 2.05) is 19.9 Å². The highest BCUT2D eigenvalue weighted by Crippen LogP contribution is 2.21. The Hall–Kier alpha value is -2.01. The number of aryl methyl sites for hydroxylation is 1. The van der Waals surface area contributed by atoms with Crippen LogP contribution in [0.3, 0.4) is 0 Å². The van der Waals surface area contributed by atoms with Crippen LogP contribution in [0.5, 0.6) is 5.75 Å². The Bertz CT molecular complexity index is 501. The van der Waals surface area contributed by atoms with Gasteiger partial charge in [0.05, 0.1) is 13.2 Å². The molecule has 0 atom stereocenters. The van der Waals surface area contributed by atoms with E-state index in [1.165, 1.54) is 5.56 Å². The van der Waals surface area contributed by atoms with Crippen molar-refractivity contribution < 1.29 is 9.47 Å². The standard InChI is InChI=1S/C18H29N3O2/c1-5-10-20-18(19-6-2)21-14-16-9-8-15(4)13-17(16)23-12-11-22-7-3/h5,8-9,13H,1,6-7,10-12,14H2,2-4H3,(H2,19,20,21). The number of benzene rings is 1. The van der Waals surface area contributed by atoms with E-state index < -0.39 is 0 Å². The summed E-state index contributed by atoms with van der Waals surface area (Å²) < 4.78 is 11.2. The third-order valence-corrected chi connectivity index (χ3v) is 3.08. The van der Waals surface area contributed by atoms with E-state index in [4.69, 9.17) is 9.47 Å². The quantitative estimate of drug-likeness (QED) is 0.301. The second-order valence-corrected chi connectivity index (χ2v) is 5.02. The second-order valence-electron chi connectivity index (χ2n) is 5.02. The van der Waals surface area contributed by atoms with Crippen LogP contribution in [-0.2, 0) is 11.3 Å². The number of nitrogens with zero attached hydrogens (tertiary/aromatic N) is 1. The minimum absolute atomic E-state index is 0.544. The Morgan fingerprint density at radius 3 is 2.78 bits per heavy atom. The van der Waals surface area contributed by atoms with Crippen molar-refractivity contribution in [1.29, 1.82) is 0 Å². The van der Waals surface area contributed by atoms with Gasteiger partial charge in [0.2, 0.25) is 0 Å². The monoisotopic (exact) mass is 319 g/mol. The maximum atomic E-state index is 5.84. The van der Waals surface area contributed by atoms with Crippen molar-refractivity contribution in [3.05, 3.63) is 42.0 Å². The molecule has 0 radical (unpaired) electrons. The van der Waals surface area contributed by atoms with E-state index in [-0.39, 0.29) is 0 Å². The fourth-order valence-electron chi connectivity index (χ4n) is 1.96. The Kier molecular flexibility index (Phi) is 9.55. The van der Waals surface area contributed by atoms with Crippen molar-refractivity contribution in [1.82, 2.24) is 10.6 Å². The van der Waals surface area contributed by atoms with Gasteiger partial charge < -0.3 is 20.1 Å². The summed E-state index contributed by atoms with van der Waals surface area (Å²) in [5.74, 6) is 1.64. The summed E-state index contributed by atoms with van der Waals surface area (Å²) in [6, 6.07) is 6.18. The molecule has 0 aromatic heterocycles. The normalized spacial score (nSPS) is 11.2. The van der Waals surface area contributed by atoms with Gasteiger partial charge in [-0.25, -0.2) is 4.99 Å². The number of hydrogen-bond acceptors (Lipinski definition) is 3. The van der Waals surface area contributed by atoms with Gasteiger partial charge in [0.1, 0.15) is 12.4 Å². The predicted octanol–water partition coefficient (Wildman–Crippen LogP) is 2.65. The van der Waals surface area contributed by atoms with Crippen LogP contribution in [0.25, 0.3) is 0 Å². The number of aliphatic imine (C=N–C) groups is 1. The van der Waals surface area contributed by atoms with E-state index in [0.717, 1.165) is 23.8 Å². The fraction of sp³-hybridized carbons (Fsp3) is 0.500. The number of ether oxygens (including phenoxy) is 2. The highest BCUT2D eigenvalue weighted by atomic mass is 16.5. The zero-order valence-corrected chi connectivity index (χ0v) is 14.5. The summed E-state index contributed by atoms with van der Waals surface area (Å²) in [4.78, 5) is 4.59. The van der Waals surface area contributed by atoms with Crippen LogP contribution in [0.15, 0.2) is 35.8 Å². The van der Waals surface area contributed by atoms with E-state index in [0.29, 0.717) is 32.9 Å². The smallest absolute Gasteiger partial charge is 0.191 e. The molecule has 0 amide bonds. The number of guanidine groups is 1. The van der Waals surface area contributed by atoms with Crippen LogP contribution in [-0.4, -0.2) is 38.9 Å². The minimum Gasteiger partial charge on any atom is -0.491 e. The number of rotatable bonds is 10. The average molecular weight is 319 g/mol. The third kappa shape index (κ3) is 7.70. The molecule has 5 nitrogen and oxygen atoms in total. The van der Waals surface area contributed by atoms with Crippen molar-refractivity contribution in [2.75, 3.05) is 32.9 Å². The molecule has 0 aliphatic carbocycles. The maximum absolute atomic E-state index is 5.84. The first-order valence-electron chi connectivity index (χ1n) is 8.14. The molecule has 0 unspecified atom stereocenters. The molecule has 1 aromatic carbocycles. The Morgan fingerprint density at radius 1 is 1.26 bits per heavy atom. The molecule has 0 aliphatic heterocycles. The zero-order valence-electron chi connectivity index (χ0n) is 14.5. The van der Waals surface area contributed by atoms with Crippen LogP contribution < -0.4 is 15.4 Å². The van der Waals surface area contributed by atoms with Gasteiger partial charge >= 0.3 is 0 Å². The van der Waals surface area contributed by atoms with E-state index in [2.05, 4.69) is 41.3 Å². The molecule has 128 valence electrons. The van der Waals surface area contributed by atoms with E-state index >= 15 is 0 Å². The molecule has 1 aromatic rings. The van der Waals surface area contributed by atoms with E-state index in [9.17, 15) is 0 Å². The molecular weight excluding hydrogens is 290 g/mol. The topological polar surface area (TPSA) is 54.9 Å². The third-order valence-electron chi connectivity index (χ3n) is 3.08. The first-order chi connectivity index (χ1) is 11.2. The summed E-state index contributed by atoms with van der Waals surface area (Å²) in [6.45, 7) is 13.7. The highest BCUT2D eigenvalue weighted by Gasteiger charge is 2.05. The van der Waals surface area contributed by atoms with Crippen LogP contribution >= 0.6 is 0 Å². The van der Waals surface area contributed by atoms with Crippen molar-refractivity contribution >= 4 is 5.96 Å². The van der Waals surface area contributed by atoms with Gasteiger partial charge in [0.25, 0.3) is 0 Å². The molecular formula is C18H29N3O2. The molecule has 0 heterocycles. The van der Waals surface area contributed by atoms with E-state index in [1.54, 1.807) is 6.08 Å². The molecule has 2 N–H and O–H groups in total. The summed E-state index contributed by atoms with van der Waals surface area (Å²) >= 11 is 0.